The van der Waals surface area contributed by atoms with Crippen molar-refractivity contribution in [2.45, 2.75) is 17.3 Å². The molecule has 1 aromatic rings. The number of amides is 1. The van der Waals surface area contributed by atoms with Crippen LogP contribution in [0.15, 0.2) is 41.7 Å². The third-order valence-corrected chi connectivity index (χ3v) is 2.99. The fourth-order valence-corrected chi connectivity index (χ4v) is 1.75. The van der Waals surface area contributed by atoms with Crippen LogP contribution in [0.2, 0.25) is 0 Å². The summed E-state index contributed by atoms with van der Waals surface area (Å²) in [5, 5.41) is 19.7. The van der Waals surface area contributed by atoms with Gasteiger partial charge in [-0.3, -0.25) is 10.2 Å². The van der Waals surface area contributed by atoms with Crippen molar-refractivity contribution in [1.82, 2.24) is 5.32 Å². The van der Waals surface area contributed by atoms with Crippen molar-refractivity contribution in [2.75, 3.05) is 0 Å². The Balaban J connectivity index is 2.83. The van der Waals surface area contributed by atoms with Gasteiger partial charge >= 0.3 is 0 Å². The number of aliphatic hydroxyl groups excluding tert-OH is 1. The number of carbonyl (C=O) groups excluding carboxylic acids is 1. The molecule has 1 aromatic carbocycles. The van der Waals surface area contributed by atoms with Crippen LogP contribution in [0.4, 0.5) is 0 Å². The summed E-state index contributed by atoms with van der Waals surface area (Å²) in [6.07, 6.45) is 0. The molecule has 0 bridgehead atoms. The van der Waals surface area contributed by atoms with Crippen LogP contribution in [0.5, 0.6) is 0 Å². The summed E-state index contributed by atoms with van der Waals surface area (Å²) in [6.45, 7) is 1.49. The van der Waals surface area contributed by atoms with E-state index in [0.29, 0.717) is 0 Å². The minimum Gasteiger partial charge on any atom is -0.512 e. The van der Waals surface area contributed by atoms with Gasteiger partial charge in [0.05, 0.1) is 5.71 Å². The third-order valence-electron chi connectivity index (χ3n) is 2.42. The summed E-state index contributed by atoms with van der Waals surface area (Å²) >= 11 is 16.7. The van der Waals surface area contributed by atoms with E-state index in [-0.39, 0.29) is 17.9 Å². The van der Waals surface area contributed by atoms with E-state index in [2.05, 4.69) is 5.32 Å². The Bertz CT molecular complexity index is 532. The van der Waals surface area contributed by atoms with E-state index in [0.717, 1.165) is 5.56 Å². The number of benzene rings is 1. The summed E-state index contributed by atoms with van der Waals surface area (Å²) in [6, 6.07) is 9.18. The predicted molar refractivity (Wildman–Crippen MR) is 81.6 cm³/mol. The quantitative estimate of drug-likeness (QED) is 0.341. The lowest BCUT2D eigenvalue weighted by Gasteiger charge is -2.16. The topological polar surface area (TPSA) is 73.2 Å². The van der Waals surface area contributed by atoms with Gasteiger partial charge in [0.25, 0.3) is 5.91 Å². The molecule has 0 unspecified atom stereocenters. The lowest BCUT2D eigenvalue weighted by molar-refractivity contribution is -0.117. The molecule has 7 heteroatoms. The van der Waals surface area contributed by atoms with E-state index in [1.807, 2.05) is 30.3 Å². The van der Waals surface area contributed by atoms with E-state index < -0.39 is 15.4 Å². The van der Waals surface area contributed by atoms with Crippen LogP contribution in [-0.2, 0) is 11.3 Å². The van der Waals surface area contributed by atoms with Crippen molar-refractivity contribution in [3.63, 3.8) is 0 Å². The first-order valence-corrected chi connectivity index (χ1v) is 6.75. The van der Waals surface area contributed by atoms with Gasteiger partial charge in [-0.1, -0.05) is 65.1 Å². The van der Waals surface area contributed by atoms with Gasteiger partial charge in [0.1, 0.15) is 11.3 Å². The van der Waals surface area contributed by atoms with Crippen LogP contribution >= 0.6 is 34.8 Å². The van der Waals surface area contributed by atoms with Crippen LogP contribution in [0.1, 0.15) is 12.5 Å². The molecule has 20 heavy (non-hydrogen) atoms. The molecule has 0 aromatic heterocycles. The Labute approximate surface area is 131 Å². The van der Waals surface area contributed by atoms with Gasteiger partial charge in [0.2, 0.25) is 3.79 Å². The Kier molecular flexibility index (Phi) is 5.87. The molecule has 0 saturated heterocycles. The zero-order valence-electron chi connectivity index (χ0n) is 10.6. The van der Waals surface area contributed by atoms with E-state index in [4.69, 9.17) is 40.2 Å². The number of aliphatic hydroxyl groups is 1. The number of hydrogen-bond donors (Lipinski definition) is 3. The van der Waals surface area contributed by atoms with Crippen LogP contribution in [0.3, 0.4) is 0 Å². The van der Waals surface area contributed by atoms with E-state index >= 15 is 0 Å². The highest BCUT2D eigenvalue weighted by Crippen LogP contribution is 2.31. The molecule has 0 saturated carbocycles. The highest BCUT2D eigenvalue weighted by Gasteiger charge is 2.33. The fraction of sp³-hybridized carbons (Fsp3) is 0.231. The van der Waals surface area contributed by atoms with Gasteiger partial charge in [-0.15, -0.1) is 0 Å². The van der Waals surface area contributed by atoms with Gasteiger partial charge in [-0.25, -0.2) is 0 Å². The molecule has 4 nitrogen and oxygen atoms in total. The molecule has 0 atom stereocenters. The standard InChI is InChI=1S/C13H13Cl3N2O2/c1-8(19)10(11(17)13(14,15)16)12(20)18-7-9-5-3-2-4-6-9/h2-6,17,19H,7H2,1H3,(H,18,20). The molecule has 0 spiro atoms. The Morgan fingerprint density at radius 3 is 2.30 bits per heavy atom. The maximum absolute atomic E-state index is 12.0. The lowest BCUT2D eigenvalue weighted by atomic mass is 10.1. The lowest BCUT2D eigenvalue weighted by Crippen LogP contribution is -2.33. The average Bonchev–Trinajstić information content (AvgIpc) is 2.36. The molecular formula is C13H13Cl3N2O2. The minimum atomic E-state index is -2.08. The zero-order chi connectivity index (χ0) is 15.3. The SMILES string of the molecule is CC(O)=C(C(=N)C(Cl)(Cl)Cl)C(=O)NCc1ccccc1. The number of halogens is 3. The number of carbonyl (C=O) groups is 1. The van der Waals surface area contributed by atoms with Gasteiger partial charge < -0.3 is 10.4 Å². The molecule has 0 aliphatic rings. The summed E-state index contributed by atoms with van der Waals surface area (Å²) in [5.74, 6) is -1.06. The molecule has 0 radical (unpaired) electrons. The van der Waals surface area contributed by atoms with Crippen LogP contribution in [0, 0.1) is 5.41 Å². The molecule has 3 N–H and O–H groups in total. The summed E-state index contributed by atoms with van der Waals surface area (Å²) < 4.78 is -2.08. The Morgan fingerprint density at radius 1 is 1.30 bits per heavy atom. The number of hydrogen-bond acceptors (Lipinski definition) is 3. The molecule has 0 fully saturated rings. The number of allylic oxidation sites excluding steroid dienone is 1. The van der Waals surface area contributed by atoms with Crippen molar-refractivity contribution in [1.29, 1.82) is 5.41 Å². The maximum atomic E-state index is 12.0. The second-order valence-electron chi connectivity index (χ2n) is 4.00. The predicted octanol–water partition coefficient (Wildman–Crippen LogP) is 3.52. The van der Waals surface area contributed by atoms with Crippen LogP contribution < -0.4 is 5.32 Å². The van der Waals surface area contributed by atoms with E-state index in [1.165, 1.54) is 6.92 Å². The van der Waals surface area contributed by atoms with Gasteiger partial charge in [0.15, 0.2) is 0 Å². The van der Waals surface area contributed by atoms with Crippen molar-refractivity contribution in [3.8, 4) is 0 Å². The van der Waals surface area contributed by atoms with Crippen molar-refractivity contribution >= 4 is 46.4 Å². The first kappa shape index (κ1) is 16.8. The van der Waals surface area contributed by atoms with Gasteiger partial charge in [-0.2, -0.15) is 0 Å². The first-order chi connectivity index (χ1) is 9.23. The zero-order valence-corrected chi connectivity index (χ0v) is 12.9. The molecule has 0 heterocycles. The molecule has 0 aliphatic heterocycles. The highest BCUT2D eigenvalue weighted by molar-refractivity contribution is 6.78. The van der Waals surface area contributed by atoms with Crippen LogP contribution in [-0.4, -0.2) is 20.5 Å². The van der Waals surface area contributed by atoms with Crippen molar-refractivity contribution in [3.05, 3.63) is 47.2 Å². The maximum Gasteiger partial charge on any atom is 0.256 e. The summed E-state index contributed by atoms with van der Waals surface area (Å²) in [7, 11) is 0. The number of nitrogens with one attached hydrogen (secondary N) is 2. The minimum absolute atomic E-state index is 0.240. The smallest absolute Gasteiger partial charge is 0.256 e. The van der Waals surface area contributed by atoms with E-state index in [1.54, 1.807) is 0 Å². The average molecular weight is 336 g/mol. The van der Waals surface area contributed by atoms with Crippen LogP contribution in [0.25, 0.3) is 0 Å². The number of rotatable bonds is 4. The Hall–Kier alpha value is -1.23. The van der Waals surface area contributed by atoms with E-state index in [9.17, 15) is 9.90 Å². The molecule has 0 aliphatic carbocycles. The van der Waals surface area contributed by atoms with Gasteiger partial charge in [0, 0.05) is 6.54 Å². The number of alkyl halides is 3. The Morgan fingerprint density at radius 2 is 1.85 bits per heavy atom. The van der Waals surface area contributed by atoms with Crippen molar-refractivity contribution < 1.29 is 9.90 Å². The van der Waals surface area contributed by atoms with Crippen molar-refractivity contribution in [2.24, 2.45) is 0 Å². The normalized spacial score (nSPS) is 12.6. The molecular weight excluding hydrogens is 323 g/mol. The fourth-order valence-electron chi connectivity index (χ4n) is 1.47. The largest absolute Gasteiger partial charge is 0.512 e. The molecule has 1 rings (SSSR count). The summed E-state index contributed by atoms with van der Waals surface area (Å²) in [4.78, 5) is 12.0. The second kappa shape index (κ2) is 6.97. The van der Waals surface area contributed by atoms with Gasteiger partial charge in [-0.05, 0) is 12.5 Å². The second-order valence-corrected chi connectivity index (χ2v) is 6.28. The highest BCUT2D eigenvalue weighted by atomic mass is 35.6. The first-order valence-electron chi connectivity index (χ1n) is 5.61. The molecule has 108 valence electrons. The monoisotopic (exact) mass is 334 g/mol. The molecule has 1 amide bonds. The summed E-state index contributed by atoms with van der Waals surface area (Å²) in [5.41, 5.74) is -0.0507. The third kappa shape index (κ3) is 4.71.